The summed E-state index contributed by atoms with van der Waals surface area (Å²) in [5, 5.41) is 11.0. The maximum atomic E-state index is 5.05. The van der Waals surface area contributed by atoms with E-state index >= 15 is 0 Å². The Balaban J connectivity index is 2.57. The summed E-state index contributed by atoms with van der Waals surface area (Å²) in [5.74, 6) is 0. The van der Waals surface area contributed by atoms with Crippen LogP contribution in [0.2, 0.25) is 0 Å². The number of alkyl halides is 1. The first-order valence-corrected chi connectivity index (χ1v) is 6.31. The van der Waals surface area contributed by atoms with Crippen molar-refractivity contribution in [1.82, 2.24) is 10.2 Å². The molecule has 0 aliphatic rings. The standard InChI is InChI=1S/C8H14BrN3OS/c1-7-10-11-8(14-7)12(4-3-9)5-6-13-2/h3-6H2,1-2H3. The topological polar surface area (TPSA) is 38.2 Å². The van der Waals surface area contributed by atoms with Crippen molar-refractivity contribution in [2.45, 2.75) is 6.92 Å². The van der Waals surface area contributed by atoms with Crippen LogP contribution in [0.3, 0.4) is 0 Å². The second kappa shape index (κ2) is 6.31. The van der Waals surface area contributed by atoms with Crippen LogP contribution in [0.5, 0.6) is 0 Å². The molecular formula is C8H14BrN3OS. The minimum Gasteiger partial charge on any atom is -0.383 e. The number of halogens is 1. The van der Waals surface area contributed by atoms with Gasteiger partial charge in [0.25, 0.3) is 0 Å². The Hall–Kier alpha value is -0.200. The highest BCUT2D eigenvalue weighted by Gasteiger charge is 2.09. The third-order valence-corrected chi connectivity index (χ3v) is 2.96. The zero-order chi connectivity index (χ0) is 10.4. The summed E-state index contributed by atoms with van der Waals surface area (Å²) in [5.41, 5.74) is 0. The van der Waals surface area contributed by atoms with Crippen molar-refractivity contribution in [2.24, 2.45) is 0 Å². The molecule has 1 rings (SSSR count). The lowest BCUT2D eigenvalue weighted by Gasteiger charge is -2.19. The predicted octanol–water partition coefficient (Wildman–Crippen LogP) is 1.69. The van der Waals surface area contributed by atoms with E-state index in [1.54, 1.807) is 18.4 Å². The Bertz CT molecular complexity index is 269. The molecule has 0 saturated carbocycles. The van der Waals surface area contributed by atoms with E-state index in [9.17, 15) is 0 Å². The second-order valence-electron chi connectivity index (χ2n) is 2.77. The molecule has 0 radical (unpaired) electrons. The molecule has 6 heteroatoms. The lowest BCUT2D eigenvalue weighted by atomic mass is 10.5. The summed E-state index contributed by atoms with van der Waals surface area (Å²) < 4.78 is 5.05. The highest BCUT2D eigenvalue weighted by Crippen LogP contribution is 2.19. The molecule has 1 aromatic rings. The van der Waals surface area contributed by atoms with Gasteiger partial charge in [-0.15, -0.1) is 10.2 Å². The van der Waals surface area contributed by atoms with Crippen molar-refractivity contribution in [2.75, 3.05) is 37.0 Å². The average molecular weight is 280 g/mol. The Labute approximate surface area is 96.4 Å². The van der Waals surface area contributed by atoms with Crippen LogP contribution in [0, 0.1) is 6.92 Å². The van der Waals surface area contributed by atoms with Crippen molar-refractivity contribution in [1.29, 1.82) is 0 Å². The van der Waals surface area contributed by atoms with E-state index in [1.807, 2.05) is 6.92 Å². The van der Waals surface area contributed by atoms with Gasteiger partial charge in [0.2, 0.25) is 5.13 Å². The molecule has 80 valence electrons. The quantitative estimate of drug-likeness (QED) is 0.743. The third kappa shape index (κ3) is 3.51. The van der Waals surface area contributed by atoms with Crippen LogP contribution in [-0.2, 0) is 4.74 Å². The fourth-order valence-electron chi connectivity index (χ4n) is 1.02. The monoisotopic (exact) mass is 279 g/mol. The van der Waals surface area contributed by atoms with E-state index in [-0.39, 0.29) is 0 Å². The number of methoxy groups -OCH3 is 1. The minimum absolute atomic E-state index is 0.714. The third-order valence-electron chi connectivity index (χ3n) is 1.71. The molecular weight excluding hydrogens is 266 g/mol. The highest BCUT2D eigenvalue weighted by molar-refractivity contribution is 9.09. The fraction of sp³-hybridized carbons (Fsp3) is 0.750. The SMILES string of the molecule is COCCN(CCBr)c1nnc(C)s1. The molecule has 0 aromatic carbocycles. The van der Waals surface area contributed by atoms with Gasteiger partial charge in [0.05, 0.1) is 6.61 Å². The maximum Gasteiger partial charge on any atom is 0.208 e. The molecule has 14 heavy (non-hydrogen) atoms. The van der Waals surface area contributed by atoms with Crippen LogP contribution in [0.4, 0.5) is 5.13 Å². The summed E-state index contributed by atoms with van der Waals surface area (Å²) in [6.45, 7) is 4.46. The number of anilines is 1. The average Bonchev–Trinajstić information content (AvgIpc) is 2.59. The van der Waals surface area contributed by atoms with Crippen molar-refractivity contribution in [3.05, 3.63) is 5.01 Å². The first-order valence-electron chi connectivity index (χ1n) is 4.38. The Morgan fingerprint density at radius 1 is 1.43 bits per heavy atom. The summed E-state index contributed by atoms with van der Waals surface area (Å²) in [7, 11) is 1.71. The van der Waals surface area contributed by atoms with Gasteiger partial charge in [-0.1, -0.05) is 27.3 Å². The molecule has 0 atom stereocenters. The van der Waals surface area contributed by atoms with Crippen molar-refractivity contribution >= 4 is 32.4 Å². The first-order chi connectivity index (χ1) is 6.77. The number of hydrogen-bond donors (Lipinski definition) is 0. The van der Waals surface area contributed by atoms with Gasteiger partial charge in [0, 0.05) is 25.5 Å². The zero-order valence-electron chi connectivity index (χ0n) is 8.36. The van der Waals surface area contributed by atoms with Crippen molar-refractivity contribution in [3.8, 4) is 0 Å². The molecule has 0 aliphatic carbocycles. The molecule has 0 unspecified atom stereocenters. The normalized spacial score (nSPS) is 10.5. The molecule has 1 heterocycles. The van der Waals surface area contributed by atoms with Crippen LogP contribution in [0.25, 0.3) is 0 Å². The van der Waals surface area contributed by atoms with Gasteiger partial charge < -0.3 is 9.64 Å². The van der Waals surface area contributed by atoms with E-state index in [1.165, 1.54) is 0 Å². The Kier molecular flexibility index (Phi) is 5.36. The second-order valence-corrected chi connectivity index (χ2v) is 4.73. The molecule has 0 amide bonds. The molecule has 4 nitrogen and oxygen atoms in total. The van der Waals surface area contributed by atoms with Gasteiger partial charge in [-0.3, -0.25) is 0 Å². The summed E-state index contributed by atoms with van der Waals surface area (Å²) in [6, 6.07) is 0. The highest BCUT2D eigenvalue weighted by atomic mass is 79.9. The number of hydrogen-bond acceptors (Lipinski definition) is 5. The smallest absolute Gasteiger partial charge is 0.208 e. The summed E-state index contributed by atoms with van der Waals surface area (Å²) in [6.07, 6.45) is 0. The largest absolute Gasteiger partial charge is 0.383 e. The molecule has 0 saturated heterocycles. The van der Waals surface area contributed by atoms with Gasteiger partial charge in [-0.2, -0.15) is 0 Å². The van der Waals surface area contributed by atoms with E-state index in [2.05, 4.69) is 31.0 Å². The first kappa shape index (κ1) is 11.9. The van der Waals surface area contributed by atoms with Crippen LogP contribution in [0.15, 0.2) is 0 Å². The van der Waals surface area contributed by atoms with E-state index in [0.29, 0.717) is 6.61 Å². The number of ether oxygens (including phenoxy) is 1. The van der Waals surface area contributed by atoms with Gasteiger partial charge >= 0.3 is 0 Å². The number of aromatic nitrogens is 2. The van der Waals surface area contributed by atoms with E-state index in [0.717, 1.165) is 28.6 Å². The molecule has 0 aliphatic heterocycles. The zero-order valence-corrected chi connectivity index (χ0v) is 10.8. The van der Waals surface area contributed by atoms with E-state index in [4.69, 9.17) is 4.74 Å². The predicted molar refractivity (Wildman–Crippen MR) is 62.5 cm³/mol. The Morgan fingerprint density at radius 3 is 2.71 bits per heavy atom. The molecule has 1 aromatic heterocycles. The van der Waals surface area contributed by atoms with E-state index < -0.39 is 0 Å². The van der Waals surface area contributed by atoms with Gasteiger partial charge in [0.1, 0.15) is 5.01 Å². The molecule has 0 N–H and O–H groups in total. The minimum atomic E-state index is 0.714. The number of rotatable bonds is 6. The van der Waals surface area contributed by atoms with Gasteiger partial charge in [-0.05, 0) is 6.92 Å². The Morgan fingerprint density at radius 2 is 2.21 bits per heavy atom. The molecule has 0 spiro atoms. The summed E-state index contributed by atoms with van der Waals surface area (Å²) >= 11 is 5.03. The van der Waals surface area contributed by atoms with Gasteiger partial charge in [0.15, 0.2) is 0 Å². The van der Waals surface area contributed by atoms with Crippen LogP contribution >= 0.6 is 27.3 Å². The summed E-state index contributed by atoms with van der Waals surface area (Å²) in [4.78, 5) is 2.17. The van der Waals surface area contributed by atoms with Crippen molar-refractivity contribution < 1.29 is 4.74 Å². The van der Waals surface area contributed by atoms with Gasteiger partial charge in [-0.25, -0.2) is 0 Å². The fourth-order valence-corrected chi connectivity index (χ4v) is 2.19. The molecule has 0 fully saturated rings. The lowest BCUT2D eigenvalue weighted by Crippen LogP contribution is -2.28. The number of nitrogens with zero attached hydrogens (tertiary/aromatic N) is 3. The molecule has 0 bridgehead atoms. The van der Waals surface area contributed by atoms with Crippen LogP contribution in [0.1, 0.15) is 5.01 Å². The van der Waals surface area contributed by atoms with Crippen LogP contribution < -0.4 is 4.90 Å². The number of aryl methyl sites for hydroxylation is 1. The maximum absolute atomic E-state index is 5.05. The van der Waals surface area contributed by atoms with Crippen LogP contribution in [-0.4, -0.2) is 42.3 Å². The van der Waals surface area contributed by atoms with Crippen molar-refractivity contribution in [3.63, 3.8) is 0 Å². The lowest BCUT2D eigenvalue weighted by molar-refractivity contribution is 0.205.